The molecule has 0 spiro atoms. The lowest BCUT2D eigenvalue weighted by Crippen LogP contribution is -2.22. The Morgan fingerprint density at radius 3 is 2.06 bits per heavy atom. The minimum Gasteiger partial charge on any atom is -0.300 e. The third kappa shape index (κ3) is 3.97. The number of hydrogen-bond donors (Lipinski definition) is 0. The van der Waals surface area contributed by atoms with Crippen LogP contribution >= 0.6 is 0 Å². The summed E-state index contributed by atoms with van der Waals surface area (Å²) >= 11 is 0. The molecule has 0 atom stereocenters. The largest absolute Gasteiger partial charge is 0.300 e. The summed E-state index contributed by atoms with van der Waals surface area (Å²) in [5, 5.41) is 0. The van der Waals surface area contributed by atoms with Crippen molar-refractivity contribution in [2.24, 2.45) is 5.92 Å². The average Bonchev–Trinajstić information content (AvgIpc) is 2.35. The Balaban J connectivity index is 2.71. The third-order valence-corrected chi connectivity index (χ3v) is 3.06. The highest BCUT2D eigenvalue weighted by molar-refractivity contribution is 5.97. The van der Waals surface area contributed by atoms with Crippen LogP contribution in [0.4, 0.5) is 0 Å². The number of ketones is 1. The van der Waals surface area contributed by atoms with Crippen molar-refractivity contribution in [3.8, 4) is 0 Å². The summed E-state index contributed by atoms with van der Waals surface area (Å²) in [6, 6.07) is 8.02. The van der Waals surface area contributed by atoms with E-state index >= 15 is 0 Å². The van der Waals surface area contributed by atoms with Gasteiger partial charge in [0.15, 0.2) is 5.78 Å². The summed E-state index contributed by atoms with van der Waals surface area (Å²) in [7, 11) is 0. The number of rotatable bonds is 6. The molecule has 1 rings (SSSR count). The molecule has 0 fully saturated rings. The number of carbonyl (C=O) groups is 1. The number of Topliss-reactive ketones (excluding diaryl/α,β-unsaturated/α-hetero) is 1. The first-order valence-electron chi connectivity index (χ1n) is 6.44. The van der Waals surface area contributed by atoms with Gasteiger partial charge in [-0.05, 0) is 18.7 Å². The monoisotopic (exact) mass is 233 g/mol. The zero-order chi connectivity index (χ0) is 12.8. The molecular formula is C15H23NO. The molecule has 0 heterocycles. The Morgan fingerprint density at radius 2 is 1.65 bits per heavy atom. The predicted molar refractivity (Wildman–Crippen MR) is 72.2 cm³/mol. The summed E-state index contributed by atoms with van der Waals surface area (Å²) in [6.45, 7) is 11.3. The molecule has 17 heavy (non-hydrogen) atoms. The fourth-order valence-corrected chi connectivity index (χ4v) is 1.81. The summed E-state index contributed by atoms with van der Waals surface area (Å²) in [5.74, 6) is 0.294. The molecule has 0 saturated carbocycles. The van der Waals surface area contributed by atoms with Gasteiger partial charge in [0.1, 0.15) is 0 Å². The molecule has 2 heteroatoms. The molecule has 0 aliphatic rings. The summed E-state index contributed by atoms with van der Waals surface area (Å²) in [5.41, 5.74) is 2.09. The van der Waals surface area contributed by atoms with Crippen molar-refractivity contribution >= 4 is 5.78 Å². The van der Waals surface area contributed by atoms with Gasteiger partial charge in [-0.15, -0.1) is 0 Å². The topological polar surface area (TPSA) is 20.3 Å². The molecule has 1 aromatic rings. The smallest absolute Gasteiger partial charge is 0.165 e. The summed E-state index contributed by atoms with van der Waals surface area (Å²) < 4.78 is 0. The van der Waals surface area contributed by atoms with Gasteiger partial charge in [-0.1, -0.05) is 52.0 Å². The second kappa shape index (κ2) is 6.55. The zero-order valence-electron chi connectivity index (χ0n) is 11.4. The van der Waals surface area contributed by atoms with Crippen LogP contribution in [0, 0.1) is 5.92 Å². The van der Waals surface area contributed by atoms with Crippen molar-refractivity contribution in [2.75, 3.05) is 13.1 Å². The van der Waals surface area contributed by atoms with E-state index in [0.717, 1.165) is 25.2 Å². The van der Waals surface area contributed by atoms with E-state index in [2.05, 4.69) is 30.9 Å². The molecular weight excluding hydrogens is 210 g/mol. The van der Waals surface area contributed by atoms with Crippen LogP contribution in [0.3, 0.4) is 0 Å². The molecule has 1 aromatic carbocycles. The van der Waals surface area contributed by atoms with Gasteiger partial charge in [-0.3, -0.25) is 9.69 Å². The first-order chi connectivity index (χ1) is 8.08. The average molecular weight is 233 g/mol. The molecule has 94 valence electrons. The highest BCUT2D eigenvalue weighted by atomic mass is 16.1. The van der Waals surface area contributed by atoms with Gasteiger partial charge in [-0.25, -0.2) is 0 Å². The lowest BCUT2D eigenvalue weighted by Gasteiger charge is -2.18. The van der Waals surface area contributed by atoms with Gasteiger partial charge in [0.25, 0.3) is 0 Å². The number of hydrogen-bond acceptors (Lipinski definition) is 2. The van der Waals surface area contributed by atoms with Crippen molar-refractivity contribution < 1.29 is 4.79 Å². The number of nitrogens with zero attached hydrogens (tertiary/aromatic N) is 1. The molecule has 0 radical (unpaired) electrons. The summed E-state index contributed by atoms with van der Waals surface area (Å²) in [4.78, 5) is 14.1. The van der Waals surface area contributed by atoms with Gasteiger partial charge in [0.05, 0.1) is 0 Å². The van der Waals surface area contributed by atoms with Crippen molar-refractivity contribution in [2.45, 2.75) is 34.2 Å². The highest BCUT2D eigenvalue weighted by Crippen LogP contribution is 2.11. The normalized spacial score (nSPS) is 11.2. The second-order valence-corrected chi connectivity index (χ2v) is 4.68. The predicted octanol–water partition coefficient (Wildman–Crippen LogP) is 3.37. The molecule has 2 nitrogen and oxygen atoms in total. The molecule has 0 aliphatic heterocycles. The molecule has 0 bridgehead atoms. The van der Waals surface area contributed by atoms with Gasteiger partial charge >= 0.3 is 0 Å². The Morgan fingerprint density at radius 1 is 1.12 bits per heavy atom. The van der Waals surface area contributed by atoms with Crippen molar-refractivity contribution in [1.82, 2.24) is 4.90 Å². The van der Waals surface area contributed by atoms with Crippen molar-refractivity contribution in [3.63, 3.8) is 0 Å². The Hall–Kier alpha value is -1.15. The molecule has 0 amide bonds. The highest BCUT2D eigenvalue weighted by Gasteiger charge is 2.10. The summed E-state index contributed by atoms with van der Waals surface area (Å²) in [6.07, 6.45) is 0. The fourth-order valence-electron chi connectivity index (χ4n) is 1.81. The van der Waals surface area contributed by atoms with E-state index in [-0.39, 0.29) is 11.7 Å². The van der Waals surface area contributed by atoms with E-state index in [9.17, 15) is 4.79 Å². The van der Waals surface area contributed by atoms with Gasteiger partial charge in [0.2, 0.25) is 0 Å². The lowest BCUT2D eigenvalue weighted by atomic mass is 10.00. The Labute approximate surface area is 105 Å². The number of benzene rings is 1. The Bertz CT molecular complexity index is 350. The third-order valence-electron chi connectivity index (χ3n) is 3.06. The van der Waals surface area contributed by atoms with Crippen LogP contribution in [-0.2, 0) is 6.54 Å². The van der Waals surface area contributed by atoms with Gasteiger partial charge in [0, 0.05) is 18.0 Å². The molecule has 0 aromatic heterocycles. The maximum atomic E-state index is 11.8. The van der Waals surface area contributed by atoms with E-state index < -0.39 is 0 Å². The van der Waals surface area contributed by atoms with Crippen LogP contribution < -0.4 is 0 Å². The lowest BCUT2D eigenvalue weighted by molar-refractivity contribution is 0.0939. The molecule has 0 N–H and O–H groups in total. The quantitative estimate of drug-likeness (QED) is 0.702. The Kier molecular flexibility index (Phi) is 5.36. The molecule has 0 saturated heterocycles. The van der Waals surface area contributed by atoms with Crippen LogP contribution in [0.25, 0.3) is 0 Å². The molecule has 0 unspecified atom stereocenters. The van der Waals surface area contributed by atoms with Crippen LogP contribution in [-0.4, -0.2) is 23.8 Å². The standard InChI is InChI=1S/C15H23NO/c1-5-16(6-2)11-13-7-9-14(10-8-13)15(17)12(3)4/h7-10,12H,5-6,11H2,1-4H3. The van der Waals surface area contributed by atoms with E-state index in [1.54, 1.807) is 0 Å². The zero-order valence-corrected chi connectivity index (χ0v) is 11.4. The van der Waals surface area contributed by atoms with Crippen LogP contribution in [0.1, 0.15) is 43.6 Å². The van der Waals surface area contributed by atoms with E-state index in [1.165, 1.54) is 5.56 Å². The maximum absolute atomic E-state index is 11.8. The van der Waals surface area contributed by atoms with Crippen LogP contribution in [0.15, 0.2) is 24.3 Å². The number of carbonyl (C=O) groups excluding carboxylic acids is 1. The van der Waals surface area contributed by atoms with Crippen LogP contribution in [0.2, 0.25) is 0 Å². The van der Waals surface area contributed by atoms with E-state index in [4.69, 9.17) is 0 Å². The van der Waals surface area contributed by atoms with Crippen molar-refractivity contribution in [1.29, 1.82) is 0 Å². The van der Waals surface area contributed by atoms with E-state index in [1.807, 2.05) is 26.0 Å². The minimum absolute atomic E-state index is 0.0728. The fraction of sp³-hybridized carbons (Fsp3) is 0.533. The van der Waals surface area contributed by atoms with Gasteiger partial charge < -0.3 is 0 Å². The first-order valence-corrected chi connectivity index (χ1v) is 6.44. The minimum atomic E-state index is 0.0728. The SMILES string of the molecule is CCN(CC)Cc1ccc(C(=O)C(C)C)cc1. The van der Waals surface area contributed by atoms with Crippen molar-refractivity contribution in [3.05, 3.63) is 35.4 Å². The molecule has 0 aliphatic carbocycles. The first kappa shape index (κ1) is 13.9. The maximum Gasteiger partial charge on any atom is 0.165 e. The van der Waals surface area contributed by atoms with Crippen LogP contribution in [0.5, 0.6) is 0 Å². The van der Waals surface area contributed by atoms with Gasteiger partial charge in [-0.2, -0.15) is 0 Å². The second-order valence-electron chi connectivity index (χ2n) is 4.68. The van der Waals surface area contributed by atoms with E-state index in [0.29, 0.717) is 0 Å².